The maximum absolute atomic E-state index is 11.1. The van der Waals surface area contributed by atoms with Crippen molar-refractivity contribution in [1.82, 2.24) is 10.2 Å². The number of amides is 1. The van der Waals surface area contributed by atoms with Crippen molar-refractivity contribution in [2.24, 2.45) is 0 Å². The fourth-order valence-electron chi connectivity index (χ4n) is 2.24. The third-order valence-electron chi connectivity index (χ3n) is 3.12. The minimum atomic E-state index is -1.06. The normalized spacial score (nSPS) is 20.9. The van der Waals surface area contributed by atoms with Gasteiger partial charge in [-0.15, -0.1) is 0 Å². The number of carbonyl (C=O) groups excluding carboxylic acids is 1. The monoisotopic (exact) mass is 233 g/mol. The van der Waals surface area contributed by atoms with E-state index in [0.29, 0.717) is 13.1 Å². The molecular weight excluding hydrogens is 216 g/mol. The van der Waals surface area contributed by atoms with Crippen LogP contribution in [0.25, 0.3) is 0 Å². The van der Waals surface area contributed by atoms with E-state index < -0.39 is 6.09 Å². The fourth-order valence-corrected chi connectivity index (χ4v) is 2.24. The summed E-state index contributed by atoms with van der Waals surface area (Å²) >= 11 is 0. The van der Waals surface area contributed by atoms with Crippen LogP contribution >= 0.6 is 0 Å². The maximum atomic E-state index is 11.1. The van der Waals surface area contributed by atoms with Gasteiger partial charge < -0.3 is 20.1 Å². The lowest BCUT2D eigenvalue weighted by atomic mass is 10.1. The van der Waals surface area contributed by atoms with Crippen LogP contribution in [0.4, 0.5) is 4.79 Å². The molecule has 1 N–H and O–H groups in total. The van der Waals surface area contributed by atoms with Gasteiger partial charge in [0, 0.05) is 19.1 Å². The van der Waals surface area contributed by atoms with Crippen LogP contribution in [-0.4, -0.2) is 36.7 Å². The highest BCUT2D eigenvalue weighted by Gasteiger charge is 2.20. The summed E-state index contributed by atoms with van der Waals surface area (Å²) in [5, 5.41) is 14.4. The summed E-state index contributed by atoms with van der Waals surface area (Å²) in [5.74, 6) is 0. The first-order chi connectivity index (χ1) is 8.27. The van der Waals surface area contributed by atoms with Crippen LogP contribution in [0, 0.1) is 0 Å². The van der Waals surface area contributed by atoms with E-state index in [2.05, 4.69) is 5.32 Å². The van der Waals surface area contributed by atoms with Crippen molar-refractivity contribution < 1.29 is 9.90 Å². The molecule has 1 aliphatic heterocycles. The van der Waals surface area contributed by atoms with Crippen LogP contribution in [0.15, 0.2) is 30.3 Å². The number of hydrogen-bond acceptors (Lipinski definition) is 3. The Morgan fingerprint density at radius 2 is 2.18 bits per heavy atom. The molecule has 1 amide bonds. The van der Waals surface area contributed by atoms with Gasteiger partial charge in [-0.25, -0.2) is 0 Å². The fraction of sp³-hybridized carbons (Fsp3) is 0.462. The second-order valence-corrected chi connectivity index (χ2v) is 4.36. The van der Waals surface area contributed by atoms with Crippen LogP contribution in [-0.2, 0) is 6.42 Å². The number of nitrogens with one attached hydrogen (secondary N) is 1. The number of carboxylic acid groups (broad SMARTS) is 1. The Bertz CT molecular complexity index is 367. The second kappa shape index (κ2) is 5.68. The van der Waals surface area contributed by atoms with E-state index in [-0.39, 0.29) is 6.04 Å². The van der Waals surface area contributed by atoms with Crippen molar-refractivity contribution in [3.8, 4) is 0 Å². The maximum Gasteiger partial charge on any atom is 0.137 e. The number of benzene rings is 1. The van der Waals surface area contributed by atoms with E-state index in [0.717, 1.165) is 24.9 Å². The Hall–Kier alpha value is -1.55. The summed E-state index contributed by atoms with van der Waals surface area (Å²) in [7, 11) is 0. The average molecular weight is 233 g/mol. The Morgan fingerprint density at radius 3 is 2.88 bits per heavy atom. The lowest BCUT2D eigenvalue weighted by Crippen LogP contribution is -2.50. The summed E-state index contributed by atoms with van der Waals surface area (Å²) in [6.07, 6.45) is 0.524. The molecule has 0 aromatic heterocycles. The lowest BCUT2D eigenvalue weighted by molar-refractivity contribution is -0.267. The zero-order valence-electron chi connectivity index (χ0n) is 9.76. The minimum absolute atomic E-state index is 0.0232. The van der Waals surface area contributed by atoms with E-state index in [9.17, 15) is 9.90 Å². The summed E-state index contributed by atoms with van der Waals surface area (Å²) in [4.78, 5) is 12.5. The van der Waals surface area contributed by atoms with Gasteiger partial charge in [0.25, 0.3) is 0 Å². The molecule has 1 fully saturated rings. The minimum Gasteiger partial charge on any atom is -0.530 e. The van der Waals surface area contributed by atoms with Crippen molar-refractivity contribution in [2.75, 3.05) is 19.6 Å². The smallest absolute Gasteiger partial charge is 0.137 e. The van der Waals surface area contributed by atoms with Crippen LogP contribution in [0.3, 0.4) is 0 Å². The molecule has 1 saturated heterocycles. The number of nitrogens with zero attached hydrogens (tertiary/aromatic N) is 1. The summed E-state index contributed by atoms with van der Waals surface area (Å²) in [6, 6.07) is 9.94. The molecular formula is C13H17N2O2-. The van der Waals surface area contributed by atoms with Gasteiger partial charge in [0.1, 0.15) is 6.09 Å². The third kappa shape index (κ3) is 3.20. The Balaban J connectivity index is 2.07. The standard InChI is InChI=1S/C13H18N2O2/c16-13(17)15-8-4-7-14-10-12(15)9-11-5-2-1-3-6-11/h1-3,5-6,12,14H,4,7-10H2,(H,16,17)/p-1. The molecule has 0 spiro atoms. The largest absolute Gasteiger partial charge is 0.530 e. The van der Waals surface area contributed by atoms with Crippen molar-refractivity contribution in [2.45, 2.75) is 18.9 Å². The van der Waals surface area contributed by atoms with E-state index in [1.165, 1.54) is 4.90 Å². The number of rotatable bonds is 2. The molecule has 1 unspecified atom stereocenters. The predicted octanol–water partition coefficient (Wildman–Crippen LogP) is 0.236. The molecule has 17 heavy (non-hydrogen) atoms. The predicted molar refractivity (Wildman–Crippen MR) is 63.5 cm³/mol. The first kappa shape index (κ1) is 11.9. The molecule has 92 valence electrons. The van der Waals surface area contributed by atoms with Gasteiger partial charge in [0.2, 0.25) is 0 Å². The van der Waals surface area contributed by atoms with Crippen molar-refractivity contribution in [1.29, 1.82) is 0 Å². The van der Waals surface area contributed by atoms with Crippen LogP contribution in [0.5, 0.6) is 0 Å². The number of hydrogen-bond donors (Lipinski definition) is 1. The molecule has 0 aliphatic carbocycles. The highest BCUT2D eigenvalue weighted by Crippen LogP contribution is 2.11. The van der Waals surface area contributed by atoms with Gasteiger partial charge in [-0.05, 0) is 24.9 Å². The molecule has 2 rings (SSSR count). The zero-order chi connectivity index (χ0) is 12.1. The molecule has 4 nitrogen and oxygen atoms in total. The van der Waals surface area contributed by atoms with Gasteiger partial charge in [0.15, 0.2) is 0 Å². The molecule has 1 heterocycles. The van der Waals surface area contributed by atoms with E-state index in [1.807, 2.05) is 30.3 Å². The van der Waals surface area contributed by atoms with Gasteiger partial charge in [-0.2, -0.15) is 0 Å². The molecule has 0 radical (unpaired) electrons. The first-order valence-electron chi connectivity index (χ1n) is 5.99. The molecule has 1 aliphatic rings. The molecule has 1 aromatic carbocycles. The topological polar surface area (TPSA) is 55.4 Å². The number of carbonyl (C=O) groups is 1. The van der Waals surface area contributed by atoms with Gasteiger partial charge in [0.05, 0.1) is 0 Å². The summed E-state index contributed by atoms with van der Waals surface area (Å²) in [6.45, 7) is 2.13. The van der Waals surface area contributed by atoms with E-state index >= 15 is 0 Å². The average Bonchev–Trinajstić information content (AvgIpc) is 2.56. The van der Waals surface area contributed by atoms with E-state index in [4.69, 9.17) is 0 Å². The van der Waals surface area contributed by atoms with Crippen LogP contribution in [0.1, 0.15) is 12.0 Å². The van der Waals surface area contributed by atoms with Crippen LogP contribution < -0.4 is 10.4 Å². The highest BCUT2D eigenvalue weighted by atomic mass is 16.4. The van der Waals surface area contributed by atoms with Crippen molar-refractivity contribution in [3.05, 3.63) is 35.9 Å². The van der Waals surface area contributed by atoms with Crippen molar-refractivity contribution >= 4 is 6.09 Å². The van der Waals surface area contributed by atoms with Crippen LogP contribution in [0.2, 0.25) is 0 Å². The SMILES string of the molecule is O=C([O-])N1CCCNCC1Cc1ccccc1. The Labute approximate surface area is 101 Å². The molecule has 1 atom stereocenters. The Morgan fingerprint density at radius 1 is 1.41 bits per heavy atom. The molecule has 4 heteroatoms. The third-order valence-corrected chi connectivity index (χ3v) is 3.12. The van der Waals surface area contributed by atoms with Gasteiger partial charge in [-0.1, -0.05) is 30.3 Å². The first-order valence-corrected chi connectivity index (χ1v) is 5.99. The Kier molecular flexibility index (Phi) is 3.98. The highest BCUT2D eigenvalue weighted by molar-refractivity contribution is 5.63. The summed E-state index contributed by atoms with van der Waals surface area (Å²) < 4.78 is 0. The second-order valence-electron chi connectivity index (χ2n) is 4.36. The zero-order valence-corrected chi connectivity index (χ0v) is 9.76. The van der Waals surface area contributed by atoms with Gasteiger partial charge >= 0.3 is 0 Å². The lowest BCUT2D eigenvalue weighted by Gasteiger charge is -2.32. The molecule has 0 saturated carbocycles. The molecule has 1 aromatic rings. The van der Waals surface area contributed by atoms with Gasteiger partial charge in [-0.3, -0.25) is 0 Å². The quantitative estimate of drug-likeness (QED) is 0.796. The summed E-state index contributed by atoms with van der Waals surface area (Å²) in [5.41, 5.74) is 1.16. The van der Waals surface area contributed by atoms with E-state index in [1.54, 1.807) is 0 Å². The van der Waals surface area contributed by atoms with Crippen molar-refractivity contribution in [3.63, 3.8) is 0 Å². The molecule has 0 bridgehead atoms.